The molecule has 73 heavy (non-hydrogen) atoms. The molecule has 4 aliphatic heterocycles. The second-order valence-electron chi connectivity index (χ2n) is 21.7. The number of aryl methyl sites for hydroxylation is 1. The van der Waals surface area contributed by atoms with Crippen LogP contribution in [0.5, 0.6) is 0 Å². The van der Waals surface area contributed by atoms with Crippen LogP contribution >= 0.6 is 0 Å². The SMILES string of the molecule is CCn1c(-c2cccnc2[C@H](C)OC)c2c3cc(ccc31)-c1cccc(c1)C[C@H](NC(=O)[C@H](C(C)C)N(C)C(=O)[C@H]1CCN(C(=O)C#CC3(N(C)C)CCOC3)C1)C(=O)N1CCC[C@H](N1)C(=O)OCC(C)(C)C2. The van der Waals surface area contributed by atoms with Crippen LogP contribution in [0, 0.1) is 29.1 Å². The molecule has 4 amide bonds. The topological polar surface area (TPSA) is 168 Å². The number of cyclic esters (lactones) is 1. The molecule has 8 rings (SSSR count). The Labute approximate surface area is 430 Å². The number of likely N-dealkylation sites (tertiary alicyclic amines) is 1. The van der Waals surface area contributed by atoms with Gasteiger partial charge >= 0.3 is 5.97 Å². The molecule has 390 valence electrons. The second-order valence-corrected chi connectivity index (χ2v) is 21.7. The fraction of sp³-hybridized carbons (Fsp3) is 0.544. The number of fused-ring (bicyclic) bond motifs is 6. The third kappa shape index (κ3) is 11.2. The van der Waals surface area contributed by atoms with Crippen LogP contribution in [-0.4, -0.2) is 150 Å². The zero-order valence-corrected chi connectivity index (χ0v) is 44.4. The Kier molecular flexibility index (Phi) is 16.1. The van der Waals surface area contributed by atoms with E-state index in [1.54, 1.807) is 25.3 Å². The zero-order valence-electron chi connectivity index (χ0n) is 44.4. The van der Waals surface area contributed by atoms with E-state index in [2.05, 4.69) is 84.3 Å². The minimum absolute atomic E-state index is 0.129. The summed E-state index contributed by atoms with van der Waals surface area (Å²) in [6, 6.07) is 15.8. The van der Waals surface area contributed by atoms with Crippen molar-refractivity contribution in [2.75, 3.05) is 67.7 Å². The number of amides is 4. The Morgan fingerprint density at radius 2 is 1.78 bits per heavy atom. The summed E-state index contributed by atoms with van der Waals surface area (Å²) in [6.07, 6.45) is 4.39. The molecule has 0 radical (unpaired) electrons. The van der Waals surface area contributed by atoms with E-state index in [9.17, 15) is 24.0 Å². The van der Waals surface area contributed by atoms with Crippen LogP contribution < -0.4 is 10.7 Å². The van der Waals surface area contributed by atoms with Crippen LogP contribution in [0.15, 0.2) is 60.8 Å². The van der Waals surface area contributed by atoms with Gasteiger partial charge < -0.3 is 33.9 Å². The van der Waals surface area contributed by atoms with Crippen molar-refractivity contribution in [1.82, 2.24) is 40.0 Å². The van der Waals surface area contributed by atoms with Crippen LogP contribution in [0.2, 0.25) is 0 Å². The fourth-order valence-corrected chi connectivity index (χ4v) is 11.1. The summed E-state index contributed by atoms with van der Waals surface area (Å²) < 4.78 is 19.9. The van der Waals surface area contributed by atoms with Crippen LogP contribution in [0.4, 0.5) is 0 Å². The van der Waals surface area contributed by atoms with Crippen molar-refractivity contribution in [3.05, 3.63) is 77.6 Å². The number of hydrazine groups is 1. The monoisotopic (exact) mass is 999 g/mol. The molecule has 4 aromatic rings. The van der Waals surface area contributed by atoms with Crippen molar-refractivity contribution < 1.29 is 38.2 Å². The predicted molar refractivity (Wildman–Crippen MR) is 279 cm³/mol. The van der Waals surface area contributed by atoms with Crippen molar-refractivity contribution in [1.29, 1.82) is 0 Å². The molecule has 16 nitrogen and oxygen atoms in total. The average molecular weight is 999 g/mol. The van der Waals surface area contributed by atoms with E-state index in [-0.39, 0.29) is 43.4 Å². The Morgan fingerprint density at radius 3 is 2.49 bits per heavy atom. The van der Waals surface area contributed by atoms with Gasteiger partial charge in [-0.25, -0.2) is 5.43 Å². The normalized spacial score (nSPS) is 23.2. The molecule has 16 heteroatoms. The number of hydrogen-bond donors (Lipinski definition) is 2. The summed E-state index contributed by atoms with van der Waals surface area (Å²) in [6.45, 7) is 14.8. The second kappa shape index (κ2) is 22.2. The molecule has 2 N–H and O–H groups in total. The molecule has 4 aliphatic rings. The van der Waals surface area contributed by atoms with Crippen LogP contribution in [0.1, 0.15) is 90.2 Å². The highest BCUT2D eigenvalue weighted by molar-refractivity contribution is 5.97. The molecule has 0 aliphatic carbocycles. The van der Waals surface area contributed by atoms with Crippen molar-refractivity contribution in [2.24, 2.45) is 17.3 Å². The molecule has 6 bridgehead atoms. The van der Waals surface area contributed by atoms with Gasteiger partial charge in [0.25, 0.3) is 11.8 Å². The van der Waals surface area contributed by atoms with Crippen molar-refractivity contribution in [2.45, 2.75) is 116 Å². The predicted octanol–water partition coefficient (Wildman–Crippen LogP) is 5.80. The van der Waals surface area contributed by atoms with Gasteiger partial charge in [-0.15, -0.1) is 0 Å². The first-order valence-corrected chi connectivity index (χ1v) is 26.0. The van der Waals surface area contributed by atoms with E-state index < -0.39 is 52.8 Å². The molecule has 3 saturated heterocycles. The lowest BCUT2D eigenvalue weighted by atomic mass is 9.84. The Morgan fingerprint density at radius 1 is 1.00 bits per heavy atom. The molecule has 0 saturated carbocycles. The lowest BCUT2D eigenvalue weighted by molar-refractivity contribution is -0.155. The number of hydrogen-bond acceptors (Lipinski definition) is 11. The number of nitrogens with one attached hydrogen (secondary N) is 2. The summed E-state index contributed by atoms with van der Waals surface area (Å²) in [7, 11) is 7.15. The number of benzene rings is 2. The number of rotatable bonds is 10. The van der Waals surface area contributed by atoms with E-state index in [0.29, 0.717) is 65.0 Å². The molecule has 6 atom stereocenters. The van der Waals surface area contributed by atoms with E-state index >= 15 is 0 Å². The zero-order chi connectivity index (χ0) is 52.4. The minimum atomic E-state index is -1.07. The Hall–Kier alpha value is -6.12. The van der Waals surface area contributed by atoms with Gasteiger partial charge in [0.2, 0.25) is 11.8 Å². The third-order valence-corrected chi connectivity index (χ3v) is 15.4. The van der Waals surface area contributed by atoms with Gasteiger partial charge in [-0.2, -0.15) is 0 Å². The van der Waals surface area contributed by atoms with E-state index in [4.69, 9.17) is 19.2 Å². The summed E-state index contributed by atoms with van der Waals surface area (Å²) in [5.41, 5.74) is 9.91. The molecule has 2 aromatic carbocycles. The number of methoxy groups -OCH3 is 1. The maximum atomic E-state index is 14.8. The Balaban J connectivity index is 1.11. The molecule has 6 heterocycles. The number of carbonyl (C=O) groups excluding carboxylic acids is 5. The van der Waals surface area contributed by atoms with Crippen molar-refractivity contribution >= 4 is 40.5 Å². The number of nitrogens with zero attached hydrogens (tertiary/aromatic N) is 6. The summed E-state index contributed by atoms with van der Waals surface area (Å²) in [5.74, 6) is 3.18. The number of carbonyl (C=O) groups is 5. The van der Waals surface area contributed by atoms with Gasteiger partial charge in [0, 0.05) is 87.9 Å². The van der Waals surface area contributed by atoms with Gasteiger partial charge in [-0.3, -0.25) is 38.9 Å². The first kappa shape index (κ1) is 53.2. The van der Waals surface area contributed by atoms with Gasteiger partial charge in [0.15, 0.2) is 0 Å². The minimum Gasteiger partial charge on any atom is -0.464 e. The van der Waals surface area contributed by atoms with Gasteiger partial charge in [-0.1, -0.05) is 63.9 Å². The highest BCUT2D eigenvalue weighted by Crippen LogP contribution is 2.42. The quantitative estimate of drug-likeness (QED) is 0.146. The molecule has 1 unspecified atom stereocenters. The summed E-state index contributed by atoms with van der Waals surface area (Å²) >= 11 is 0. The highest BCUT2D eigenvalue weighted by atomic mass is 16.5. The maximum absolute atomic E-state index is 14.8. The van der Waals surface area contributed by atoms with Gasteiger partial charge in [0.05, 0.1) is 36.6 Å². The molecule has 0 spiro atoms. The first-order chi connectivity index (χ1) is 34.8. The molecule has 2 aromatic heterocycles. The maximum Gasteiger partial charge on any atom is 0.324 e. The van der Waals surface area contributed by atoms with E-state index in [0.717, 1.165) is 50.1 Å². The lowest BCUT2D eigenvalue weighted by Gasteiger charge is -2.37. The fourth-order valence-electron chi connectivity index (χ4n) is 11.1. The molecular weight excluding hydrogens is 925 g/mol. The number of esters is 1. The van der Waals surface area contributed by atoms with Crippen LogP contribution in [0.3, 0.4) is 0 Å². The number of likely N-dealkylation sites (N-methyl/N-ethyl adjacent to an activating group) is 2. The van der Waals surface area contributed by atoms with Gasteiger partial charge in [-0.05, 0) is 112 Å². The number of aromatic nitrogens is 2. The molecular formula is C57H74N8O8. The number of ether oxygens (including phenoxy) is 3. The molecule has 3 fully saturated rings. The third-order valence-electron chi connectivity index (χ3n) is 15.4. The van der Waals surface area contributed by atoms with Gasteiger partial charge in [0.1, 0.15) is 23.7 Å². The van der Waals surface area contributed by atoms with Crippen molar-refractivity contribution in [3.8, 4) is 34.2 Å². The smallest absolute Gasteiger partial charge is 0.324 e. The number of pyridine rings is 1. The van der Waals surface area contributed by atoms with Crippen LogP contribution in [0.25, 0.3) is 33.3 Å². The highest BCUT2D eigenvalue weighted by Gasteiger charge is 2.41. The van der Waals surface area contributed by atoms with Crippen molar-refractivity contribution in [3.63, 3.8) is 0 Å². The largest absolute Gasteiger partial charge is 0.464 e. The standard InChI is InChI=1S/C57H74N8O8/c1-11-64-47-20-19-40-31-43(47)44(51(64)42-17-13-25-58-49(42)37(4)71-10)32-56(5,6)34-73-55(70)45-18-14-26-65(60-45)54(69)46(30-38-15-12-16-39(40)29-38)59-52(67)50(36(2)3)62(9)53(68)41-22-27-63(33-41)48(66)21-23-57(61(7)8)24-28-72-35-57/h12-13,15-17,19-20,25,29,31,36-37,41,45-46,50,60H,11,14,18,22,24,26-28,30,32-35H2,1-10H3,(H,59,67)/t37-,41-,45-,46-,50-,57?/m0/s1. The first-order valence-electron chi connectivity index (χ1n) is 26.0. The lowest BCUT2D eigenvalue weighted by Crippen LogP contribution is -2.62. The summed E-state index contributed by atoms with van der Waals surface area (Å²) in [5, 5.41) is 5.60. The average Bonchev–Trinajstić information content (AvgIpc) is 4.15. The van der Waals surface area contributed by atoms with E-state index in [1.165, 1.54) is 9.91 Å². The van der Waals surface area contributed by atoms with E-state index in [1.807, 2.05) is 58.0 Å². The summed E-state index contributed by atoms with van der Waals surface area (Å²) in [4.78, 5) is 81.1. The Bertz CT molecular complexity index is 2780. The van der Waals surface area contributed by atoms with Crippen LogP contribution in [-0.2, 0) is 57.6 Å².